The molecule has 4 amide bonds. The Morgan fingerprint density at radius 1 is 0.900 bits per heavy atom. The minimum absolute atomic E-state index is 0.183. The summed E-state index contributed by atoms with van der Waals surface area (Å²) in [6.07, 6.45) is -6.14. The number of hydrogen-bond donors (Lipinski definition) is 7. The first kappa shape index (κ1) is 34.1. The molecule has 0 saturated carbocycles. The summed E-state index contributed by atoms with van der Waals surface area (Å²) in [6, 6.07) is 4.55. The number of anilines is 2. The Balaban J connectivity index is 2.33. The molecule has 1 rings (SSSR count). The van der Waals surface area contributed by atoms with Crippen LogP contribution in [0.3, 0.4) is 0 Å². The molecule has 17 heteroatoms. The molecule has 2 atom stereocenters. The van der Waals surface area contributed by atoms with Crippen molar-refractivity contribution in [3.8, 4) is 0 Å². The molecular formula is C23H37N5O12. The summed E-state index contributed by atoms with van der Waals surface area (Å²) >= 11 is 0. The predicted octanol–water partition coefficient (Wildman–Crippen LogP) is -0.373. The molecule has 0 fully saturated rings. The van der Waals surface area contributed by atoms with Crippen LogP contribution >= 0.6 is 0 Å². The zero-order valence-corrected chi connectivity index (χ0v) is 22.1. The molecule has 40 heavy (non-hydrogen) atoms. The molecule has 0 radical (unpaired) electrons. The zero-order valence-electron chi connectivity index (χ0n) is 22.1. The lowest BCUT2D eigenvalue weighted by Crippen LogP contribution is -2.32. The number of nitrogens with two attached hydrogens (primary N) is 2. The molecule has 1 aromatic rings. The van der Waals surface area contributed by atoms with Crippen molar-refractivity contribution in [2.24, 2.45) is 11.5 Å². The number of carbonyl (C=O) groups excluding carboxylic acids is 4. The second kappa shape index (κ2) is 20.1. The van der Waals surface area contributed by atoms with Gasteiger partial charge < -0.3 is 55.4 Å². The number of ether oxygens (including phenoxy) is 6. The van der Waals surface area contributed by atoms with Crippen LogP contribution in [0.2, 0.25) is 0 Å². The highest BCUT2D eigenvalue weighted by Gasteiger charge is 2.16. The number of aryl methyl sites for hydroxylation is 1. The fourth-order valence-electron chi connectivity index (χ4n) is 2.66. The maximum atomic E-state index is 12.1. The topological polar surface area (TPSA) is 252 Å². The first-order chi connectivity index (χ1) is 19.1. The van der Waals surface area contributed by atoms with Crippen molar-refractivity contribution in [3.05, 3.63) is 23.8 Å². The average Bonchev–Trinajstić information content (AvgIpc) is 2.91. The van der Waals surface area contributed by atoms with Gasteiger partial charge in [0.25, 0.3) is 0 Å². The molecular weight excluding hydrogens is 538 g/mol. The van der Waals surface area contributed by atoms with Gasteiger partial charge in [0.05, 0.1) is 33.0 Å². The van der Waals surface area contributed by atoms with Gasteiger partial charge in [-0.1, -0.05) is 6.07 Å². The summed E-state index contributed by atoms with van der Waals surface area (Å²) < 4.78 is 29.6. The number of benzene rings is 1. The normalized spacial score (nSPS) is 12.0. The second-order valence-electron chi connectivity index (χ2n) is 7.91. The Morgan fingerprint density at radius 2 is 1.52 bits per heavy atom. The number of aliphatic hydroxyl groups excluding tert-OH is 2. The SMILES string of the molecule is Cc1ccc(NC(=O)OCC(CO)OC(N)=O)cc1NC(=O)OCC(O)COC(=O)NCCOCCOCCN. The van der Waals surface area contributed by atoms with E-state index in [0.29, 0.717) is 31.9 Å². The largest absolute Gasteiger partial charge is 0.447 e. The van der Waals surface area contributed by atoms with Crippen molar-refractivity contribution >= 4 is 35.7 Å². The highest BCUT2D eigenvalue weighted by atomic mass is 16.6. The summed E-state index contributed by atoms with van der Waals surface area (Å²) in [5.74, 6) is 0. The lowest BCUT2D eigenvalue weighted by atomic mass is 10.2. The third-order valence-electron chi connectivity index (χ3n) is 4.57. The number of hydrogen-bond acceptors (Lipinski definition) is 13. The quantitative estimate of drug-likeness (QED) is 0.0872. The molecule has 0 bridgehead atoms. The van der Waals surface area contributed by atoms with Gasteiger partial charge in [0.2, 0.25) is 0 Å². The van der Waals surface area contributed by atoms with Gasteiger partial charge in [0, 0.05) is 24.5 Å². The van der Waals surface area contributed by atoms with Crippen LogP contribution < -0.4 is 27.4 Å². The van der Waals surface area contributed by atoms with Crippen molar-refractivity contribution in [2.75, 3.05) is 76.6 Å². The molecule has 0 aliphatic carbocycles. The Labute approximate surface area is 230 Å². The predicted molar refractivity (Wildman–Crippen MR) is 139 cm³/mol. The summed E-state index contributed by atoms with van der Waals surface area (Å²) in [7, 11) is 0. The smallest absolute Gasteiger partial charge is 0.411 e. The van der Waals surface area contributed by atoms with Gasteiger partial charge in [0.15, 0.2) is 6.10 Å². The molecule has 0 saturated heterocycles. The molecule has 0 aromatic heterocycles. The van der Waals surface area contributed by atoms with E-state index in [1.54, 1.807) is 13.0 Å². The average molecular weight is 576 g/mol. The van der Waals surface area contributed by atoms with Crippen molar-refractivity contribution in [2.45, 2.75) is 19.1 Å². The van der Waals surface area contributed by atoms with Crippen LogP contribution in [0.1, 0.15) is 5.56 Å². The van der Waals surface area contributed by atoms with Crippen LogP contribution in [0.5, 0.6) is 0 Å². The van der Waals surface area contributed by atoms with Gasteiger partial charge in [-0.2, -0.15) is 0 Å². The van der Waals surface area contributed by atoms with Gasteiger partial charge in [-0.15, -0.1) is 0 Å². The fraction of sp³-hybridized carbons (Fsp3) is 0.565. The van der Waals surface area contributed by atoms with Crippen LogP contribution in [-0.2, 0) is 28.4 Å². The maximum absolute atomic E-state index is 12.1. The van der Waals surface area contributed by atoms with Crippen molar-refractivity contribution in [1.29, 1.82) is 0 Å². The van der Waals surface area contributed by atoms with E-state index in [9.17, 15) is 24.3 Å². The number of carbonyl (C=O) groups is 4. The van der Waals surface area contributed by atoms with Gasteiger partial charge in [-0.3, -0.25) is 10.6 Å². The van der Waals surface area contributed by atoms with Crippen LogP contribution in [0.25, 0.3) is 0 Å². The minimum atomic E-state index is -1.28. The third kappa shape index (κ3) is 16.1. The fourth-order valence-corrected chi connectivity index (χ4v) is 2.66. The lowest BCUT2D eigenvalue weighted by Gasteiger charge is -2.15. The van der Waals surface area contributed by atoms with E-state index in [1.807, 2.05) is 0 Å². The molecule has 17 nitrogen and oxygen atoms in total. The van der Waals surface area contributed by atoms with E-state index in [2.05, 4.69) is 20.7 Å². The molecule has 2 unspecified atom stereocenters. The second-order valence-corrected chi connectivity index (χ2v) is 7.91. The highest BCUT2D eigenvalue weighted by molar-refractivity contribution is 5.89. The van der Waals surface area contributed by atoms with E-state index in [-0.39, 0.29) is 24.5 Å². The number of primary amides is 1. The zero-order chi connectivity index (χ0) is 29.8. The summed E-state index contributed by atoms with van der Waals surface area (Å²) in [4.78, 5) is 46.5. The van der Waals surface area contributed by atoms with Gasteiger partial charge in [-0.05, 0) is 24.6 Å². The molecule has 0 heterocycles. The van der Waals surface area contributed by atoms with E-state index in [1.165, 1.54) is 12.1 Å². The van der Waals surface area contributed by atoms with Gasteiger partial charge in [-0.25, -0.2) is 19.2 Å². The van der Waals surface area contributed by atoms with Gasteiger partial charge >= 0.3 is 24.4 Å². The lowest BCUT2D eigenvalue weighted by molar-refractivity contribution is 0.0208. The number of amides is 4. The van der Waals surface area contributed by atoms with Crippen molar-refractivity contribution in [3.63, 3.8) is 0 Å². The van der Waals surface area contributed by atoms with Crippen LogP contribution in [0.4, 0.5) is 30.6 Å². The van der Waals surface area contributed by atoms with Gasteiger partial charge in [0.1, 0.15) is 25.9 Å². The minimum Gasteiger partial charge on any atom is -0.447 e. The first-order valence-corrected chi connectivity index (χ1v) is 12.1. The third-order valence-corrected chi connectivity index (χ3v) is 4.57. The van der Waals surface area contributed by atoms with Crippen LogP contribution in [0, 0.1) is 6.92 Å². The monoisotopic (exact) mass is 575 g/mol. The van der Waals surface area contributed by atoms with Crippen molar-refractivity contribution < 1.29 is 57.8 Å². The Hall–Kier alpha value is -3.90. The van der Waals surface area contributed by atoms with Crippen molar-refractivity contribution in [1.82, 2.24) is 5.32 Å². The summed E-state index contributed by atoms with van der Waals surface area (Å²) in [5.41, 5.74) is 11.3. The number of nitrogens with one attached hydrogen (secondary N) is 3. The van der Waals surface area contributed by atoms with E-state index in [4.69, 9.17) is 40.3 Å². The molecule has 0 aliphatic rings. The van der Waals surface area contributed by atoms with E-state index in [0.717, 1.165) is 0 Å². The first-order valence-electron chi connectivity index (χ1n) is 12.1. The Kier molecular flexibility index (Phi) is 17.1. The van der Waals surface area contributed by atoms with E-state index >= 15 is 0 Å². The Bertz CT molecular complexity index is 936. The number of alkyl carbamates (subject to hydrolysis) is 1. The Morgan fingerprint density at radius 3 is 2.17 bits per heavy atom. The number of aliphatic hydroxyl groups is 2. The maximum Gasteiger partial charge on any atom is 0.411 e. The molecule has 1 aromatic carbocycles. The number of rotatable bonds is 18. The molecule has 0 spiro atoms. The molecule has 9 N–H and O–H groups in total. The van der Waals surface area contributed by atoms with E-state index < -0.39 is 63.0 Å². The van der Waals surface area contributed by atoms with Crippen LogP contribution in [-0.4, -0.2) is 113 Å². The standard InChI is InChI=1S/C23H37N5O12/c1-15-2-3-16(27-22(33)39-14-18(11-29)40-20(25)31)10-19(15)28-23(34)38-13-17(30)12-37-21(32)26-5-7-36-9-8-35-6-4-24/h2-3,10,17-18,29-30H,4-9,11-14,24H2,1H3,(H2,25,31)(H,26,32)(H,27,33)(H,28,34). The molecule has 226 valence electrons. The summed E-state index contributed by atoms with van der Waals surface area (Å²) in [5, 5.41) is 26.3. The summed E-state index contributed by atoms with van der Waals surface area (Å²) in [6.45, 7) is 1.78. The van der Waals surface area contributed by atoms with Crippen LogP contribution in [0.15, 0.2) is 18.2 Å². The highest BCUT2D eigenvalue weighted by Crippen LogP contribution is 2.21. The molecule has 0 aliphatic heterocycles.